The van der Waals surface area contributed by atoms with Gasteiger partial charge in [-0.15, -0.1) is 11.3 Å². The van der Waals surface area contributed by atoms with Crippen molar-refractivity contribution in [2.24, 2.45) is 0 Å². The van der Waals surface area contributed by atoms with Crippen LogP contribution in [0.2, 0.25) is 0 Å². The van der Waals surface area contributed by atoms with E-state index in [0.717, 1.165) is 17.0 Å². The Morgan fingerprint density at radius 3 is 2.70 bits per heavy atom. The van der Waals surface area contributed by atoms with Crippen LogP contribution in [0.15, 0.2) is 41.9 Å². The van der Waals surface area contributed by atoms with Crippen LogP contribution in [0.5, 0.6) is 0 Å². The highest BCUT2D eigenvalue weighted by atomic mass is 32.1. The number of carbonyl (C=O) groups is 1. The molecule has 2 aromatic rings. The molecule has 0 aliphatic carbocycles. The summed E-state index contributed by atoms with van der Waals surface area (Å²) in [5, 5.41) is 15.2. The van der Waals surface area contributed by atoms with Gasteiger partial charge in [0.25, 0.3) is 0 Å². The Morgan fingerprint density at radius 2 is 2.09 bits per heavy atom. The van der Waals surface area contributed by atoms with Crippen molar-refractivity contribution in [2.75, 3.05) is 5.32 Å². The first kappa shape index (κ1) is 16.6. The van der Waals surface area contributed by atoms with Crippen LogP contribution in [0.25, 0.3) is 6.08 Å². The van der Waals surface area contributed by atoms with E-state index in [-0.39, 0.29) is 5.69 Å². The first-order valence-corrected chi connectivity index (χ1v) is 7.17. The molecule has 23 heavy (non-hydrogen) atoms. The second kappa shape index (κ2) is 6.98. The van der Waals surface area contributed by atoms with Gasteiger partial charge in [0.15, 0.2) is 0 Å². The number of hydrogen-bond donors (Lipinski definition) is 2. The molecule has 0 aliphatic heterocycles. The zero-order valence-corrected chi connectivity index (χ0v) is 12.3. The number of thiophene rings is 1. The third kappa shape index (κ3) is 4.59. The van der Waals surface area contributed by atoms with E-state index in [1.54, 1.807) is 6.08 Å². The van der Waals surface area contributed by atoms with Gasteiger partial charge in [0, 0.05) is 16.8 Å². The van der Waals surface area contributed by atoms with Gasteiger partial charge in [0.05, 0.1) is 17.2 Å². The predicted octanol–water partition coefficient (Wildman–Crippen LogP) is 4.43. The molecule has 2 amide bonds. The smallest absolute Gasteiger partial charge is 0.314 e. The zero-order chi connectivity index (χ0) is 16.9. The SMILES string of the molecule is N#Cc1ccc(NC(=O)N/C=C/c2cccs2)cc1C(F)(F)F. The van der Waals surface area contributed by atoms with Crippen LogP contribution in [-0.4, -0.2) is 6.03 Å². The number of hydrogen-bond acceptors (Lipinski definition) is 3. The van der Waals surface area contributed by atoms with Crippen LogP contribution in [0.1, 0.15) is 16.0 Å². The number of alkyl halides is 3. The molecular formula is C15H10F3N3OS. The zero-order valence-electron chi connectivity index (χ0n) is 11.5. The molecule has 1 aromatic carbocycles. The maximum atomic E-state index is 12.8. The van der Waals surface area contributed by atoms with Crippen molar-refractivity contribution in [3.63, 3.8) is 0 Å². The van der Waals surface area contributed by atoms with Crippen LogP contribution in [0.3, 0.4) is 0 Å². The van der Waals surface area contributed by atoms with Crippen LogP contribution in [-0.2, 0) is 6.18 Å². The fraction of sp³-hybridized carbons (Fsp3) is 0.0667. The molecule has 0 bridgehead atoms. The average Bonchev–Trinajstić information content (AvgIpc) is 2.99. The van der Waals surface area contributed by atoms with Gasteiger partial charge in [0.1, 0.15) is 0 Å². The summed E-state index contributed by atoms with van der Waals surface area (Å²) in [6.07, 6.45) is -1.63. The minimum atomic E-state index is -4.67. The third-order valence-electron chi connectivity index (χ3n) is 2.71. The monoisotopic (exact) mass is 337 g/mol. The summed E-state index contributed by atoms with van der Waals surface area (Å²) in [6, 6.07) is 7.45. The van der Waals surface area contributed by atoms with E-state index in [4.69, 9.17) is 5.26 Å². The number of carbonyl (C=O) groups excluding carboxylic acids is 1. The maximum absolute atomic E-state index is 12.8. The number of urea groups is 1. The largest absolute Gasteiger partial charge is 0.417 e. The lowest BCUT2D eigenvalue weighted by molar-refractivity contribution is -0.137. The van der Waals surface area contributed by atoms with Gasteiger partial charge >= 0.3 is 12.2 Å². The van der Waals surface area contributed by atoms with E-state index in [9.17, 15) is 18.0 Å². The van der Waals surface area contributed by atoms with Crippen LogP contribution < -0.4 is 10.6 Å². The molecule has 0 aliphatic rings. The number of rotatable bonds is 3. The Morgan fingerprint density at radius 1 is 1.30 bits per heavy atom. The number of halogens is 3. The lowest BCUT2D eigenvalue weighted by atomic mass is 10.1. The standard InChI is InChI=1S/C15H10F3N3OS/c16-15(17,18)13-8-11(4-3-10(13)9-19)21-14(22)20-6-5-12-2-1-7-23-12/h1-8H,(H2,20,21,22)/b6-5+. The summed E-state index contributed by atoms with van der Waals surface area (Å²) in [6.45, 7) is 0. The van der Waals surface area contributed by atoms with E-state index in [1.807, 2.05) is 17.5 Å². The predicted molar refractivity (Wildman–Crippen MR) is 81.7 cm³/mol. The number of amides is 2. The molecule has 0 saturated carbocycles. The van der Waals surface area contributed by atoms with Crippen molar-refractivity contribution < 1.29 is 18.0 Å². The molecular weight excluding hydrogens is 327 g/mol. The molecule has 0 spiro atoms. The Labute approximate surface area is 133 Å². The molecule has 0 atom stereocenters. The minimum absolute atomic E-state index is 0.0571. The van der Waals surface area contributed by atoms with Gasteiger partial charge in [-0.3, -0.25) is 0 Å². The van der Waals surface area contributed by atoms with Crippen molar-refractivity contribution in [1.29, 1.82) is 5.26 Å². The Balaban J connectivity index is 2.05. The van der Waals surface area contributed by atoms with E-state index in [2.05, 4.69) is 10.6 Å². The summed E-state index contributed by atoms with van der Waals surface area (Å²) >= 11 is 1.47. The van der Waals surface area contributed by atoms with E-state index in [1.165, 1.54) is 29.7 Å². The maximum Gasteiger partial charge on any atom is 0.417 e. The van der Waals surface area contributed by atoms with Crippen LogP contribution in [0.4, 0.5) is 23.7 Å². The molecule has 2 rings (SSSR count). The third-order valence-corrected chi connectivity index (χ3v) is 3.55. The van der Waals surface area contributed by atoms with Gasteiger partial charge < -0.3 is 10.6 Å². The normalized spacial score (nSPS) is 11.2. The van der Waals surface area contributed by atoms with Gasteiger partial charge in [-0.25, -0.2) is 4.79 Å². The van der Waals surface area contributed by atoms with E-state index >= 15 is 0 Å². The van der Waals surface area contributed by atoms with Gasteiger partial charge in [-0.05, 0) is 35.7 Å². The molecule has 2 N–H and O–H groups in total. The average molecular weight is 337 g/mol. The number of benzene rings is 1. The molecule has 118 valence electrons. The number of nitrogens with zero attached hydrogens (tertiary/aromatic N) is 1. The second-order valence-electron chi connectivity index (χ2n) is 4.32. The first-order valence-electron chi connectivity index (χ1n) is 6.29. The highest BCUT2D eigenvalue weighted by Gasteiger charge is 2.33. The van der Waals surface area contributed by atoms with Crippen molar-refractivity contribution in [1.82, 2.24) is 5.32 Å². The molecule has 0 fully saturated rings. The highest BCUT2D eigenvalue weighted by Crippen LogP contribution is 2.33. The van der Waals surface area contributed by atoms with Gasteiger partial charge in [-0.2, -0.15) is 18.4 Å². The van der Waals surface area contributed by atoms with Gasteiger partial charge in [0.2, 0.25) is 0 Å². The molecule has 0 unspecified atom stereocenters. The topological polar surface area (TPSA) is 64.9 Å². The Bertz CT molecular complexity index is 761. The van der Waals surface area contributed by atoms with Crippen molar-refractivity contribution in [2.45, 2.75) is 6.18 Å². The molecule has 0 radical (unpaired) electrons. The molecule has 1 heterocycles. The number of anilines is 1. The van der Waals surface area contributed by atoms with E-state index < -0.39 is 23.3 Å². The van der Waals surface area contributed by atoms with Gasteiger partial charge in [-0.1, -0.05) is 6.07 Å². The molecule has 0 saturated heterocycles. The summed E-state index contributed by atoms with van der Waals surface area (Å²) in [4.78, 5) is 12.6. The van der Waals surface area contributed by atoms with Crippen LogP contribution in [0, 0.1) is 11.3 Å². The summed E-state index contributed by atoms with van der Waals surface area (Å²) < 4.78 is 38.5. The summed E-state index contributed by atoms with van der Waals surface area (Å²) in [7, 11) is 0. The number of nitriles is 1. The second-order valence-corrected chi connectivity index (χ2v) is 5.30. The van der Waals surface area contributed by atoms with Crippen molar-refractivity contribution in [3.8, 4) is 6.07 Å². The minimum Gasteiger partial charge on any atom is -0.314 e. The fourth-order valence-corrected chi connectivity index (χ4v) is 2.32. The molecule has 1 aromatic heterocycles. The number of nitrogens with one attached hydrogen (secondary N) is 2. The van der Waals surface area contributed by atoms with Crippen molar-refractivity contribution >= 4 is 29.1 Å². The van der Waals surface area contributed by atoms with E-state index in [0.29, 0.717) is 0 Å². The lowest BCUT2D eigenvalue weighted by Crippen LogP contribution is -2.24. The lowest BCUT2D eigenvalue weighted by Gasteiger charge is -2.11. The Kier molecular flexibility index (Phi) is 5.03. The molecule has 8 heteroatoms. The van der Waals surface area contributed by atoms with Crippen LogP contribution >= 0.6 is 11.3 Å². The molecule has 4 nitrogen and oxygen atoms in total. The Hall–Kier alpha value is -2.79. The fourth-order valence-electron chi connectivity index (χ4n) is 1.71. The summed E-state index contributed by atoms with van der Waals surface area (Å²) in [5.74, 6) is 0. The first-order chi connectivity index (χ1) is 10.9. The quantitative estimate of drug-likeness (QED) is 0.870. The highest BCUT2D eigenvalue weighted by molar-refractivity contribution is 7.10. The van der Waals surface area contributed by atoms with Crippen molar-refractivity contribution in [3.05, 3.63) is 57.9 Å². The summed E-state index contributed by atoms with van der Waals surface area (Å²) in [5.41, 5.74) is -1.65.